The van der Waals surface area contributed by atoms with Gasteiger partial charge in [-0.25, -0.2) is 0 Å². The number of piperidine rings is 1. The summed E-state index contributed by atoms with van der Waals surface area (Å²) in [6, 6.07) is 9.47. The summed E-state index contributed by atoms with van der Waals surface area (Å²) in [6.45, 7) is 6.07. The standard InChI is InChI=1S/C18H30N2O/c1-15(12-19-2)17-9-7-16(8-10-17)13-21-14-18-6-4-5-11-20(18)3/h7-10,15,18-19H,4-6,11-14H2,1-3H3. The highest BCUT2D eigenvalue weighted by atomic mass is 16.5. The van der Waals surface area contributed by atoms with Crippen molar-refractivity contribution in [2.24, 2.45) is 0 Å². The van der Waals surface area contributed by atoms with Gasteiger partial charge in [-0.3, -0.25) is 0 Å². The van der Waals surface area contributed by atoms with Crippen molar-refractivity contribution in [2.45, 2.75) is 44.8 Å². The van der Waals surface area contributed by atoms with Crippen LogP contribution >= 0.6 is 0 Å². The first-order valence-electron chi connectivity index (χ1n) is 8.22. The molecule has 1 aliphatic rings. The van der Waals surface area contributed by atoms with E-state index in [4.69, 9.17) is 4.74 Å². The van der Waals surface area contributed by atoms with Crippen LogP contribution in [0, 0.1) is 0 Å². The molecule has 0 saturated carbocycles. The highest BCUT2D eigenvalue weighted by molar-refractivity contribution is 5.24. The third-order valence-electron chi connectivity index (χ3n) is 4.56. The van der Waals surface area contributed by atoms with Crippen molar-refractivity contribution in [2.75, 3.05) is 33.8 Å². The van der Waals surface area contributed by atoms with E-state index in [1.54, 1.807) is 0 Å². The van der Waals surface area contributed by atoms with Gasteiger partial charge in [0, 0.05) is 12.6 Å². The van der Waals surface area contributed by atoms with Gasteiger partial charge in [-0.05, 0) is 50.5 Å². The van der Waals surface area contributed by atoms with Crippen molar-refractivity contribution in [1.29, 1.82) is 0 Å². The number of ether oxygens (including phenoxy) is 1. The number of benzene rings is 1. The van der Waals surface area contributed by atoms with E-state index in [9.17, 15) is 0 Å². The lowest BCUT2D eigenvalue weighted by molar-refractivity contribution is 0.0444. The molecule has 3 nitrogen and oxygen atoms in total. The minimum Gasteiger partial charge on any atom is -0.375 e. The van der Waals surface area contributed by atoms with E-state index in [0.717, 1.165) is 19.8 Å². The highest BCUT2D eigenvalue weighted by Gasteiger charge is 2.18. The zero-order chi connectivity index (χ0) is 15.1. The Morgan fingerprint density at radius 1 is 1.29 bits per heavy atom. The molecule has 2 atom stereocenters. The Morgan fingerprint density at radius 3 is 2.71 bits per heavy atom. The Kier molecular flexibility index (Phi) is 6.68. The smallest absolute Gasteiger partial charge is 0.0717 e. The molecule has 1 aliphatic heterocycles. The number of likely N-dealkylation sites (N-methyl/N-ethyl adjacent to an activating group) is 2. The molecule has 1 fully saturated rings. The van der Waals surface area contributed by atoms with Gasteiger partial charge in [-0.1, -0.05) is 37.6 Å². The fourth-order valence-corrected chi connectivity index (χ4v) is 3.03. The first-order valence-corrected chi connectivity index (χ1v) is 8.22. The summed E-state index contributed by atoms with van der Waals surface area (Å²) in [4.78, 5) is 2.44. The van der Waals surface area contributed by atoms with E-state index in [2.05, 4.69) is 48.5 Å². The molecule has 21 heavy (non-hydrogen) atoms. The Labute approximate surface area is 129 Å². The van der Waals surface area contributed by atoms with Crippen LogP contribution in [0.3, 0.4) is 0 Å². The van der Waals surface area contributed by atoms with Crippen LogP contribution in [0.2, 0.25) is 0 Å². The van der Waals surface area contributed by atoms with Crippen LogP contribution in [0.25, 0.3) is 0 Å². The molecular weight excluding hydrogens is 260 g/mol. The van der Waals surface area contributed by atoms with Gasteiger partial charge in [-0.15, -0.1) is 0 Å². The summed E-state index contributed by atoms with van der Waals surface area (Å²) >= 11 is 0. The van der Waals surface area contributed by atoms with Gasteiger partial charge in [0.25, 0.3) is 0 Å². The third kappa shape index (κ3) is 5.10. The first-order chi connectivity index (χ1) is 10.2. The molecule has 0 radical (unpaired) electrons. The number of hydrogen-bond acceptors (Lipinski definition) is 3. The molecule has 1 aromatic carbocycles. The van der Waals surface area contributed by atoms with E-state index in [1.807, 2.05) is 7.05 Å². The molecule has 0 amide bonds. The molecule has 1 N–H and O–H groups in total. The molecule has 1 saturated heterocycles. The van der Waals surface area contributed by atoms with E-state index in [0.29, 0.717) is 12.0 Å². The van der Waals surface area contributed by atoms with Crippen LogP contribution in [-0.4, -0.2) is 44.7 Å². The number of nitrogens with one attached hydrogen (secondary N) is 1. The van der Waals surface area contributed by atoms with Crippen LogP contribution in [0.1, 0.15) is 43.2 Å². The average molecular weight is 290 g/mol. The fraction of sp³-hybridized carbons (Fsp3) is 0.667. The van der Waals surface area contributed by atoms with Gasteiger partial charge in [0.15, 0.2) is 0 Å². The molecule has 1 aromatic rings. The van der Waals surface area contributed by atoms with Crippen LogP contribution in [0.15, 0.2) is 24.3 Å². The summed E-state index contributed by atoms with van der Waals surface area (Å²) in [5, 5.41) is 3.23. The normalized spacial score (nSPS) is 21.4. The van der Waals surface area contributed by atoms with Gasteiger partial charge >= 0.3 is 0 Å². The quantitative estimate of drug-likeness (QED) is 0.835. The first kappa shape index (κ1) is 16.5. The van der Waals surface area contributed by atoms with Gasteiger partial charge in [-0.2, -0.15) is 0 Å². The Bertz CT molecular complexity index is 404. The monoisotopic (exact) mass is 290 g/mol. The van der Waals surface area contributed by atoms with Crippen molar-refractivity contribution >= 4 is 0 Å². The Morgan fingerprint density at radius 2 is 2.05 bits per heavy atom. The lowest BCUT2D eigenvalue weighted by Crippen LogP contribution is -2.39. The number of hydrogen-bond donors (Lipinski definition) is 1. The average Bonchev–Trinajstić information content (AvgIpc) is 2.50. The van der Waals surface area contributed by atoms with Crippen molar-refractivity contribution in [3.63, 3.8) is 0 Å². The second-order valence-electron chi connectivity index (χ2n) is 6.35. The van der Waals surface area contributed by atoms with E-state index < -0.39 is 0 Å². The predicted molar refractivity (Wildman–Crippen MR) is 88.7 cm³/mol. The third-order valence-corrected chi connectivity index (χ3v) is 4.56. The number of rotatable bonds is 7. The number of likely N-dealkylation sites (tertiary alicyclic amines) is 1. The molecule has 1 heterocycles. The van der Waals surface area contributed by atoms with E-state index in [-0.39, 0.29) is 0 Å². The SMILES string of the molecule is CNCC(C)c1ccc(COCC2CCCCN2C)cc1. The summed E-state index contributed by atoms with van der Waals surface area (Å²) in [6.07, 6.45) is 3.95. The molecule has 0 bridgehead atoms. The summed E-state index contributed by atoms with van der Waals surface area (Å²) in [5.41, 5.74) is 2.66. The molecule has 2 rings (SSSR count). The lowest BCUT2D eigenvalue weighted by Gasteiger charge is -2.32. The van der Waals surface area contributed by atoms with Crippen molar-refractivity contribution in [3.05, 3.63) is 35.4 Å². The van der Waals surface area contributed by atoms with Gasteiger partial charge in [0.1, 0.15) is 0 Å². The minimum atomic E-state index is 0.556. The van der Waals surface area contributed by atoms with Crippen LogP contribution in [-0.2, 0) is 11.3 Å². The van der Waals surface area contributed by atoms with Crippen LogP contribution < -0.4 is 5.32 Å². The van der Waals surface area contributed by atoms with Crippen molar-refractivity contribution in [1.82, 2.24) is 10.2 Å². The largest absolute Gasteiger partial charge is 0.375 e. The Balaban J connectivity index is 1.75. The zero-order valence-corrected chi connectivity index (χ0v) is 13.8. The summed E-state index contributed by atoms with van der Waals surface area (Å²) in [7, 11) is 4.21. The van der Waals surface area contributed by atoms with E-state index >= 15 is 0 Å². The van der Waals surface area contributed by atoms with Gasteiger partial charge < -0.3 is 15.0 Å². The Hall–Kier alpha value is -0.900. The highest BCUT2D eigenvalue weighted by Crippen LogP contribution is 2.17. The molecule has 118 valence electrons. The van der Waals surface area contributed by atoms with Crippen molar-refractivity contribution < 1.29 is 4.74 Å². The van der Waals surface area contributed by atoms with Crippen LogP contribution in [0.5, 0.6) is 0 Å². The maximum Gasteiger partial charge on any atom is 0.0717 e. The predicted octanol–water partition coefficient (Wildman–Crippen LogP) is 3.01. The number of nitrogens with zero attached hydrogens (tertiary/aromatic N) is 1. The molecular formula is C18H30N2O. The summed E-state index contributed by atoms with van der Waals surface area (Å²) in [5.74, 6) is 0.556. The second-order valence-corrected chi connectivity index (χ2v) is 6.35. The maximum atomic E-state index is 5.92. The second kappa shape index (κ2) is 8.52. The minimum absolute atomic E-state index is 0.556. The van der Waals surface area contributed by atoms with Crippen molar-refractivity contribution in [3.8, 4) is 0 Å². The maximum absolute atomic E-state index is 5.92. The summed E-state index contributed by atoms with van der Waals surface area (Å²) < 4.78 is 5.92. The zero-order valence-electron chi connectivity index (χ0n) is 13.8. The van der Waals surface area contributed by atoms with Crippen LogP contribution in [0.4, 0.5) is 0 Å². The molecule has 3 heteroatoms. The molecule has 0 aliphatic carbocycles. The fourth-order valence-electron chi connectivity index (χ4n) is 3.03. The molecule has 2 unspecified atom stereocenters. The molecule has 0 aromatic heterocycles. The molecule has 0 spiro atoms. The van der Waals surface area contributed by atoms with Gasteiger partial charge in [0.05, 0.1) is 13.2 Å². The lowest BCUT2D eigenvalue weighted by atomic mass is 10.00. The topological polar surface area (TPSA) is 24.5 Å². The van der Waals surface area contributed by atoms with E-state index in [1.165, 1.54) is 36.9 Å². The van der Waals surface area contributed by atoms with Gasteiger partial charge in [0.2, 0.25) is 0 Å².